The van der Waals surface area contributed by atoms with E-state index in [9.17, 15) is 14.4 Å². The maximum Gasteiger partial charge on any atom is 0.414 e. The van der Waals surface area contributed by atoms with Gasteiger partial charge in [0.1, 0.15) is 34.5 Å². The van der Waals surface area contributed by atoms with Gasteiger partial charge in [-0.2, -0.15) is 5.26 Å². The van der Waals surface area contributed by atoms with Crippen LogP contribution in [0.3, 0.4) is 0 Å². The Morgan fingerprint density at radius 2 is 1.97 bits per heavy atom. The molecule has 194 valence electrons. The van der Waals surface area contributed by atoms with Crippen LogP contribution in [0.15, 0.2) is 52.0 Å². The molecule has 0 aromatic carbocycles. The fraction of sp³-hybridized carbons (Fsp3) is 0.240. The van der Waals surface area contributed by atoms with Crippen molar-refractivity contribution in [3.05, 3.63) is 64.4 Å². The van der Waals surface area contributed by atoms with Crippen LogP contribution in [0, 0.1) is 11.3 Å². The van der Waals surface area contributed by atoms with Crippen LogP contribution in [0.2, 0.25) is 0 Å². The van der Waals surface area contributed by atoms with Gasteiger partial charge in [0.2, 0.25) is 0 Å². The average molecular weight is 518 g/mol. The number of carbonyl (C=O) groups is 2. The van der Waals surface area contributed by atoms with Crippen molar-refractivity contribution < 1.29 is 23.6 Å². The largest absolute Gasteiger partial charge is 0.463 e. The van der Waals surface area contributed by atoms with Crippen molar-refractivity contribution in [3.63, 3.8) is 0 Å². The van der Waals surface area contributed by atoms with Crippen molar-refractivity contribution in [2.24, 2.45) is 0 Å². The number of nitrogens with one attached hydrogen (secondary N) is 1. The van der Waals surface area contributed by atoms with Crippen LogP contribution in [0.5, 0.6) is 0 Å². The fourth-order valence-corrected chi connectivity index (χ4v) is 3.39. The normalized spacial score (nSPS) is 11.1. The number of aromatic nitrogens is 4. The molecule has 13 nitrogen and oxygen atoms in total. The van der Waals surface area contributed by atoms with Gasteiger partial charge in [-0.3, -0.25) is 14.3 Å². The van der Waals surface area contributed by atoms with Crippen molar-refractivity contribution in [2.45, 2.75) is 26.4 Å². The minimum Gasteiger partial charge on any atom is -0.463 e. The van der Waals surface area contributed by atoms with E-state index in [1.807, 2.05) is 6.07 Å². The van der Waals surface area contributed by atoms with Gasteiger partial charge in [0.15, 0.2) is 5.52 Å². The number of esters is 1. The summed E-state index contributed by atoms with van der Waals surface area (Å²) in [5.41, 5.74) is -0.441. The zero-order chi connectivity index (χ0) is 27.6. The van der Waals surface area contributed by atoms with Crippen molar-refractivity contribution in [3.8, 4) is 11.9 Å². The maximum atomic E-state index is 13.2. The molecule has 0 aliphatic heterocycles. The monoisotopic (exact) mass is 517 g/mol. The van der Waals surface area contributed by atoms with Gasteiger partial charge in [0.05, 0.1) is 18.4 Å². The Hall–Kier alpha value is -5.25. The number of carbonyl (C=O) groups excluding carboxylic acids is 2. The Kier molecular flexibility index (Phi) is 6.81. The second kappa shape index (κ2) is 10.0. The zero-order valence-corrected chi connectivity index (χ0v) is 21.2. The van der Waals surface area contributed by atoms with Crippen LogP contribution < -0.4 is 15.8 Å². The highest BCUT2D eigenvalue weighted by Gasteiger charge is 2.27. The quantitative estimate of drug-likeness (QED) is 0.385. The smallest absolute Gasteiger partial charge is 0.414 e. The molecule has 0 aliphatic carbocycles. The van der Waals surface area contributed by atoms with Crippen molar-refractivity contribution >= 4 is 40.3 Å². The summed E-state index contributed by atoms with van der Waals surface area (Å²) in [6, 6.07) is 9.68. The van der Waals surface area contributed by atoms with Gasteiger partial charge in [-0.1, -0.05) is 5.16 Å². The van der Waals surface area contributed by atoms with E-state index in [4.69, 9.17) is 19.3 Å². The predicted molar refractivity (Wildman–Crippen MR) is 136 cm³/mol. The summed E-state index contributed by atoms with van der Waals surface area (Å²) in [6.07, 6.45) is 2.19. The van der Waals surface area contributed by atoms with Crippen molar-refractivity contribution in [1.29, 1.82) is 5.26 Å². The summed E-state index contributed by atoms with van der Waals surface area (Å²) in [5, 5.41) is 15.8. The van der Waals surface area contributed by atoms with Crippen LogP contribution in [0.4, 0.5) is 22.0 Å². The lowest BCUT2D eigenvalue weighted by Gasteiger charge is -2.25. The minimum atomic E-state index is -0.822. The first-order valence-electron chi connectivity index (χ1n) is 11.2. The molecule has 4 rings (SSSR count). The number of ether oxygens (including phenoxy) is 2. The Morgan fingerprint density at radius 3 is 2.61 bits per heavy atom. The Morgan fingerprint density at radius 1 is 1.21 bits per heavy atom. The van der Waals surface area contributed by atoms with Gasteiger partial charge in [-0.05, 0) is 45.0 Å². The molecule has 1 N–H and O–H groups in total. The van der Waals surface area contributed by atoms with Gasteiger partial charge in [-0.25, -0.2) is 19.6 Å². The number of nitriles is 1. The topological polar surface area (TPSA) is 165 Å². The van der Waals surface area contributed by atoms with E-state index in [0.29, 0.717) is 11.4 Å². The maximum absolute atomic E-state index is 13.2. The number of anilines is 3. The molecule has 0 saturated carbocycles. The SMILES string of the molecule is COC(=O)c1onc2c(N(C)C(=O)OC(C)(C)C)cc(Nc3cccn(-c4ccc(C#N)cn4)c3=O)nc12. The van der Waals surface area contributed by atoms with Gasteiger partial charge < -0.3 is 19.3 Å². The molecular weight excluding hydrogens is 494 g/mol. The number of fused-ring (bicyclic) bond motifs is 1. The Balaban J connectivity index is 1.80. The number of methoxy groups -OCH3 is 1. The van der Waals surface area contributed by atoms with E-state index < -0.39 is 23.2 Å². The number of amides is 1. The minimum absolute atomic E-state index is 0.0114. The third kappa shape index (κ3) is 5.14. The summed E-state index contributed by atoms with van der Waals surface area (Å²) >= 11 is 0. The first-order chi connectivity index (χ1) is 18.0. The number of pyridine rings is 3. The fourth-order valence-electron chi connectivity index (χ4n) is 3.39. The molecule has 0 atom stereocenters. The van der Waals surface area contributed by atoms with E-state index in [0.717, 1.165) is 0 Å². The molecule has 0 fully saturated rings. The predicted octanol–water partition coefficient (Wildman–Crippen LogP) is 3.54. The van der Waals surface area contributed by atoms with Crippen LogP contribution in [-0.4, -0.2) is 51.5 Å². The standard InChI is InChI=1S/C25H23N7O6/c1-25(2,3)37-24(35)31(4)16-11-17(29-20-19(16)30-38-21(20)23(34)36-5)28-15-7-6-10-32(22(15)33)18-9-8-14(12-26)13-27-18/h6-11,13H,1-5H3,(H,28,29). The highest BCUT2D eigenvalue weighted by molar-refractivity contribution is 6.06. The van der Waals surface area contributed by atoms with E-state index in [1.165, 1.54) is 48.2 Å². The van der Waals surface area contributed by atoms with E-state index in [-0.39, 0.29) is 34.0 Å². The zero-order valence-electron chi connectivity index (χ0n) is 21.2. The summed E-state index contributed by atoms with van der Waals surface area (Å²) < 4.78 is 16.7. The van der Waals surface area contributed by atoms with Crippen molar-refractivity contribution in [1.82, 2.24) is 19.7 Å². The van der Waals surface area contributed by atoms with E-state index >= 15 is 0 Å². The van der Waals surface area contributed by atoms with Gasteiger partial charge in [-0.15, -0.1) is 0 Å². The van der Waals surface area contributed by atoms with Gasteiger partial charge in [0, 0.05) is 25.5 Å². The second-order valence-electron chi connectivity index (χ2n) is 9.01. The lowest BCUT2D eigenvalue weighted by molar-refractivity contribution is 0.0554. The molecule has 1 amide bonds. The molecule has 4 aromatic heterocycles. The van der Waals surface area contributed by atoms with Gasteiger partial charge >= 0.3 is 12.1 Å². The lowest BCUT2D eigenvalue weighted by Crippen LogP contribution is -2.34. The third-order valence-electron chi connectivity index (χ3n) is 5.15. The molecule has 0 saturated heterocycles. The molecule has 13 heteroatoms. The molecule has 0 unspecified atom stereocenters. The van der Waals surface area contributed by atoms with Crippen LogP contribution in [-0.2, 0) is 9.47 Å². The summed E-state index contributed by atoms with van der Waals surface area (Å²) in [5.74, 6) is -0.688. The molecule has 38 heavy (non-hydrogen) atoms. The van der Waals surface area contributed by atoms with Gasteiger partial charge in [0.25, 0.3) is 11.3 Å². The lowest BCUT2D eigenvalue weighted by atomic mass is 10.2. The number of hydrogen-bond acceptors (Lipinski definition) is 11. The molecule has 0 bridgehead atoms. The first-order valence-corrected chi connectivity index (χ1v) is 11.2. The Labute approximate surface area is 216 Å². The molecular formula is C25H23N7O6. The van der Waals surface area contributed by atoms with Crippen LogP contribution in [0.1, 0.15) is 36.9 Å². The van der Waals surface area contributed by atoms with E-state index in [1.54, 1.807) is 39.0 Å². The molecule has 0 spiro atoms. The molecule has 4 heterocycles. The number of rotatable bonds is 5. The highest BCUT2D eigenvalue weighted by atomic mass is 16.6. The summed E-state index contributed by atoms with van der Waals surface area (Å²) in [7, 11) is 2.64. The number of nitrogens with zero attached hydrogens (tertiary/aromatic N) is 6. The molecule has 0 aliphatic rings. The summed E-state index contributed by atoms with van der Waals surface area (Å²) in [6.45, 7) is 5.17. The second-order valence-corrected chi connectivity index (χ2v) is 9.01. The van der Waals surface area contributed by atoms with E-state index in [2.05, 4.69) is 20.4 Å². The number of hydrogen-bond donors (Lipinski definition) is 1. The summed E-state index contributed by atoms with van der Waals surface area (Å²) in [4.78, 5) is 48.0. The average Bonchev–Trinajstić information content (AvgIpc) is 3.31. The van der Waals surface area contributed by atoms with Crippen LogP contribution in [0.25, 0.3) is 16.9 Å². The first kappa shape index (κ1) is 25.8. The molecule has 0 radical (unpaired) electrons. The molecule has 4 aromatic rings. The Bertz CT molecular complexity index is 1630. The third-order valence-corrected chi connectivity index (χ3v) is 5.15. The van der Waals surface area contributed by atoms with Crippen molar-refractivity contribution in [2.75, 3.05) is 24.4 Å². The highest BCUT2D eigenvalue weighted by Crippen LogP contribution is 2.31. The van der Waals surface area contributed by atoms with Crippen LogP contribution >= 0.6 is 0 Å².